The lowest BCUT2D eigenvalue weighted by Gasteiger charge is -2.27. The fourth-order valence-electron chi connectivity index (χ4n) is 3.74. The number of nitrogens with two attached hydrogens (primary N) is 1. The van der Waals surface area contributed by atoms with Crippen molar-refractivity contribution in [1.82, 2.24) is 21.3 Å². The number of rotatable bonds is 17. The monoisotopic (exact) mass is 579 g/mol. The molecule has 1 aromatic rings. The summed E-state index contributed by atoms with van der Waals surface area (Å²) in [6, 6.07) is 1.24. The first-order valence-electron chi connectivity index (χ1n) is 13.3. The summed E-state index contributed by atoms with van der Waals surface area (Å²) in [5.74, 6) is -6.06. The highest BCUT2D eigenvalue weighted by Crippen LogP contribution is 2.13. The van der Waals surface area contributed by atoms with Crippen molar-refractivity contribution in [2.75, 3.05) is 6.54 Å². The summed E-state index contributed by atoms with van der Waals surface area (Å²) in [4.78, 5) is 73.6. The molecule has 1 rings (SSSR count). The normalized spacial score (nSPS) is 14.6. The average Bonchev–Trinajstić information content (AvgIpc) is 2.91. The molecule has 14 heteroatoms. The highest BCUT2D eigenvalue weighted by Gasteiger charge is 2.32. The topological polar surface area (TPSA) is 237 Å². The van der Waals surface area contributed by atoms with E-state index in [1.807, 2.05) is 0 Å². The first-order valence-corrected chi connectivity index (χ1v) is 13.3. The Balaban J connectivity index is 3.08. The van der Waals surface area contributed by atoms with E-state index in [0.717, 1.165) is 0 Å². The number of amides is 4. The summed E-state index contributed by atoms with van der Waals surface area (Å²) in [5, 5.41) is 37.6. The van der Waals surface area contributed by atoms with E-state index >= 15 is 0 Å². The number of hydrogen-bond acceptors (Lipinski definition) is 8. The van der Waals surface area contributed by atoms with Gasteiger partial charge in [-0.05, 0) is 36.0 Å². The number of carboxylic acids is 2. The molecule has 0 saturated heterocycles. The van der Waals surface area contributed by atoms with E-state index in [2.05, 4.69) is 21.3 Å². The minimum Gasteiger partial charge on any atom is -0.508 e. The van der Waals surface area contributed by atoms with Gasteiger partial charge in [0.2, 0.25) is 23.6 Å². The molecule has 0 bridgehead atoms. The van der Waals surface area contributed by atoms with Crippen LogP contribution in [0.1, 0.15) is 52.5 Å². The largest absolute Gasteiger partial charge is 0.508 e. The Morgan fingerprint density at radius 3 is 1.98 bits per heavy atom. The third kappa shape index (κ3) is 12.2. The van der Waals surface area contributed by atoms with Crippen LogP contribution in [0.5, 0.6) is 5.75 Å². The lowest BCUT2D eigenvalue weighted by atomic mass is 9.96. The van der Waals surface area contributed by atoms with E-state index in [1.54, 1.807) is 39.8 Å². The van der Waals surface area contributed by atoms with Crippen molar-refractivity contribution in [3.63, 3.8) is 0 Å². The Bertz CT molecular complexity index is 1080. The summed E-state index contributed by atoms with van der Waals surface area (Å²) in [6.07, 6.45) is -0.0358. The smallest absolute Gasteiger partial charge is 0.326 e. The molecule has 0 saturated carbocycles. The molecule has 5 atom stereocenters. The van der Waals surface area contributed by atoms with Crippen molar-refractivity contribution in [2.24, 2.45) is 17.6 Å². The highest BCUT2D eigenvalue weighted by atomic mass is 16.4. The van der Waals surface area contributed by atoms with Gasteiger partial charge in [-0.25, -0.2) is 4.79 Å². The first kappa shape index (κ1) is 34.8. The molecule has 0 heterocycles. The number of carbonyl (C=O) groups is 6. The maximum atomic E-state index is 13.3. The molecule has 0 spiro atoms. The van der Waals surface area contributed by atoms with Crippen molar-refractivity contribution in [2.45, 2.75) is 77.5 Å². The maximum Gasteiger partial charge on any atom is 0.326 e. The summed E-state index contributed by atoms with van der Waals surface area (Å²) >= 11 is 0. The van der Waals surface area contributed by atoms with Gasteiger partial charge < -0.3 is 42.3 Å². The van der Waals surface area contributed by atoms with Crippen molar-refractivity contribution < 1.29 is 44.1 Å². The van der Waals surface area contributed by atoms with Gasteiger partial charge in [0, 0.05) is 12.8 Å². The van der Waals surface area contributed by atoms with E-state index in [0.29, 0.717) is 12.0 Å². The van der Waals surface area contributed by atoms with Crippen molar-refractivity contribution >= 4 is 35.6 Å². The number of nitrogens with one attached hydrogen (secondary N) is 4. The van der Waals surface area contributed by atoms with E-state index in [-0.39, 0.29) is 25.0 Å². The maximum absolute atomic E-state index is 13.3. The van der Waals surface area contributed by atoms with E-state index < -0.39 is 78.1 Å². The Hall–Kier alpha value is -4.20. The fourth-order valence-corrected chi connectivity index (χ4v) is 3.74. The number of benzene rings is 1. The Morgan fingerprint density at radius 1 is 0.854 bits per heavy atom. The van der Waals surface area contributed by atoms with E-state index in [1.165, 1.54) is 12.1 Å². The van der Waals surface area contributed by atoms with Gasteiger partial charge in [0.05, 0.1) is 12.6 Å². The van der Waals surface area contributed by atoms with Crippen LogP contribution < -0.4 is 27.0 Å². The molecule has 1 aromatic carbocycles. The molecule has 0 fully saturated rings. The van der Waals surface area contributed by atoms with Crippen LogP contribution in [0.4, 0.5) is 0 Å². The lowest BCUT2D eigenvalue weighted by Crippen LogP contribution is -2.58. The number of carboxylic acid groups (broad SMARTS) is 2. The number of hydrogen-bond donors (Lipinski definition) is 8. The summed E-state index contributed by atoms with van der Waals surface area (Å²) in [6.45, 7) is 6.18. The second-order valence-corrected chi connectivity index (χ2v) is 10.2. The number of aliphatic carboxylic acids is 2. The molecule has 9 N–H and O–H groups in total. The van der Waals surface area contributed by atoms with Crippen molar-refractivity contribution in [3.05, 3.63) is 29.8 Å². The Morgan fingerprint density at radius 2 is 1.46 bits per heavy atom. The molecule has 228 valence electrons. The third-order valence-corrected chi connectivity index (χ3v) is 6.48. The molecule has 4 amide bonds. The Kier molecular flexibility index (Phi) is 14.3. The zero-order valence-electron chi connectivity index (χ0n) is 23.7. The first-order chi connectivity index (χ1) is 19.2. The molecule has 0 unspecified atom stereocenters. The number of phenolic OH excluding ortho intramolecular Hbond substituents is 1. The lowest BCUT2D eigenvalue weighted by molar-refractivity contribution is -0.143. The highest BCUT2D eigenvalue weighted by molar-refractivity contribution is 5.94. The molecule has 0 aliphatic heterocycles. The van der Waals surface area contributed by atoms with Crippen molar-refractivity contribution in [1.29, 1.82) is 0 Å². The van der Waals surface area contributed by atoms with Gasteiger partial charge in [-0.2, -0.15) is 0 Å². The van der Waals surface area contributed by atoms with Crippen LogP contribution in [0.25, 0.3) is 0 Å². The average molecular weight is 580 g/mol. The SMILES string of the molecule is CC[C@H](C)[C@H](NC(=O)[C@@H](N)CCC(=O)O)C(=O)N[C@@H](Cc1ccc(O)cc1)C(=O)NCC(=O)N[C@H](C(=O)O)C(C)C. The van der Waals surface area contributed by atoms with Gasteiger partial charge in [0.25, 0.3) is 0 Å². The van der Waals surface area contributed by atoms with Gasteiger partial charge in [-0.1, -0.05) is 46.2 Å². The number of aromatic hydroxyl groups is 1. The van der Waals surface area contributed by atoms with Crippen molar-refractivity contribution in [3.8, 4) is 5.75 Å². The quantitative estimate of drug-likeness (QED) is 0.118. The summed E-state index contributed by atoms with van der Waals surface area (Å²) in [5.41, 5.74) is 6.36. The molecule has 41 heavy (non-hydrogen) atoms. The van der Waals surface area contributed by atoms with Gasteiger partial charge >= 0.3 is 11.9 Å². The van der Waals surface area contributed by atoms with Crippen LogP contribution >= 0.6 is 0 Å². The van der Waals surface area contributed by atoms with Gasteiger partial charge in [0.15, 0.2) is 0 Å². The van der Waals surface area contributed by atoms with Gasteiger partial charge in [-0.15, -0.1) is 0 Å². The van der Waals surface area contributed by atoms with E-state index in [9.17, 15) is 39.0 Å². The van der Waals surface area contributed by atoms with Crippen LogP contribution in [0, 0.1) is 11.8 Å². The minimum atomic E-state index is -1.22. The standard InChI is InChI=1S/C27H41N5O9/c1-5-15(4)23(32-24(37)18(28)10-11-21(35)36)26(39)30-19(12-16-6-8-17(33)9-7-16)25(38)29-13-20(34)31-22(14(2)3)27(40)41/h6-9,14-15,18-19,22-23,33H,5,10-13,28H2,1-4H3,(H,29,38)(H,30,39)(H,31,34)(H,32,37)(H,35,36)(H,40,41)/t15-,18-,19-,22-,23-/m0/s1. The number of carbonyl (C=O) groups excluding carboxylic acids is 4. The van der Waals surface area contributed by atoms with Gasteiger partial charge in [0.1, 0.15) is 23.9 Å². The molecule has 0 aliphatic rings. The Labute approximate surface area is 238 Å². The van der Waals surface area contributed by atoms with Gasteiger partial charge in [-0.3, -0.25) is 24.0 Å². The van der Waals surface area contributed by atoms with Crippen LogP contribution in [-0.4, -0.2) is 81.6 Å². The van der Waals surface area contributed by atoms with Crippen LogP contribution in [0.2, 0.25) is 0 Å². The third-order valence-electron chi connectivity index (χ3n) is 6.48. The molecular weight excluding hydrogens is 538 g/mol. The van der Waals surface area contributed by atoms with Crippen LogP contribution in [0.15, 0.2) is 24.3 Å². The summed E-state index contributed by atoms with van der Waals surface area (Å²) < 4.78 is 0. The van der Waals surface area contributed by atoms with Crippen LogP contribution in [-0.2, 0) is 35.2 Å². The summed E-state index contributed by atoms with van der Waals surface area (Å²) in [7, 11) is 0. The predicted molar refractivity (Wildman–Crippen MR) is 147 cm³/mol. The van der Waals surface area contributed by atoms with E-state index in [4.69, 9.17) is 10.8 Å². The van der Waals surface area contributed by atoms with Crippen LogP contribution in [0.3, 0.4) is 0 Å². The second-order valence-electron chi connectivity index (χ2n) is 10.2. The molecule has 0 aliphatic carbocycles. The second kappa shape index (κ2) is 16.8. The molecular formula is C27H41N5O9. The molecule has 14 nitrogen and oxygen atoms in total. The minimum absolute atomic E-state index is 0.00706. The molecule has 0 radical (unpaired) electrons. The zero-order valence-corrected chi connectivity index (χ0v) is 23.7. The predicted octanol–water partition coefficient (Wildman–Crippen LogP) is -0.516. The molecule has 0 aromatic heterocycles. The zero-order chi connectivity index (χ0) is 31.3. The fraction of sp³-hybridized carbons (Fsp3) is 0.556. The number of phenols is 1.